The number of thiocarbonyl (C=S) groups is 1. The molecule has 0 saturated heterocycles. The van der Waals surface area contributed by atoms with E-state index in [9.17, 15) is 0 Å². The predicted octanol–water partition coefficient (Wildman–Crippen LogP) is 3.77. The van der Waals surface area contributed by atoms with Crippen molar-refractivity contribution in [1.29, 1.82) is 0 Å². The topological polar surface area (TPSA) is 45.8 Å². The molecule has 0 radical (unpaired) electrons. The summed E-state index contributed by atoms with van der Waals surface area (Å²) in [4.78, 5) is 0. The van der Waals surface area contributed by atoms with E-state index in [0.717, 1.165) is 5.69 Å². The number of anilines is 1. The minimum absolute atomic E-state index is 0.397. The molecule has 118 valence electrons. The van der Waals surface area contributed by atoms with E-state index in [-0.39, 0.29) is 0 Å². The number of hydrazine groups is 1. The lowest BCUT2D eigenvalue weighted by Gasteiger charge is -2.30. The molecule has 0 aliphatic carbocycles. The Kier molecular flexibility index (Phi) is 8.05. The summed E-state index contributed by atoms with van der Waals surface area (Å²) >= 11 is 16.5. The van der Waals surface area contributed by atoms with Crippen LogP contribution in [0, 0.1) is 0 Å². The van der Waals surface area contributed by atoms with Crippen LogP contribution >= 0.6 is 30.5 Å². The molecule has 0 bridgehead atoms. The maximum Gasteiger partial charge on any atom is 0.281 e. The second kappa shape index (κ2) is 9.00. The Hall–Kier alpha value is -0.270. The van der Waals surface area contributed by atoms with Gasteiger partial charge in [-0.3, -0.25) is 5.43 Å². The van der Waals surface area contributed by atoms with E-state index in [0.29, 0.717) is 23.3 Å². The average molecular weight is 368 g/mol. The van der Waals surface area contributed by atoms with Crippen molar-refractivity contribution in [3.05, 3.63) is 29.3 Å². The molecule has 0 saturated carbocycles. The first kappa shape index (κ1) is 18.8. The van der Waals surface area contributed by atoms with E-state index in [1.165, 1.54) is 0 Å². The van der Waals surface area contributed by atoms with Crippen molar-refractivity contribution in [3.63, 3.8) is 0 Å². The van der Waals surface area contributed by atoms with Crippen LogP contribution in [0.1, 0.15) is 13.8 Å². The smallest absolute Gasteiger partial charge is 0.281 e. The lowest BCUT2D eigenvalue weighted by atomic mass is 10.3. The Morgan fingerprint density at radius 3 is 2.24 bits per heavy atom. The molecule has 21 heavy (non-hydrogen) atoms. The van der Waals surface area contributed by atoms with Crippen LogP contribution in [0.5, 0.6) is 0 Å². The summed E-state index contributed by atoms with van der Waals surface area (Å²) < 4.78 is 12.7. The molecule has 0 aliphatic heterocycles. The predicted molar refractivity (Wildman–Crippen MR) is 96.1 cm³/mol. The van der Waals surface area contributed by atoms with Crippen molar-refractivity contribution < 1.29 is 9.05 Å². The first-order valence-electron chi connectivity index (χ1n) is 6.37. The molecule has 0 amide bonds. The maximum atomic E-state index is 5.84. The average Bonchev–Trinajstić information content (AvgIpc) is 2.42. The van der Waals surface area contributed by atoms with Crippen LogP contribution in [0.3, 0.4) is 0 Å². The molecule has 0 aliphatic rings. The molecule has 1 rings (SSSR count). The van der Waals surface area contributed by atoms with E-state index in [2.05, 4.69) is 10.7 Å². The first-order valence-corrected chi connectivity index (χ1v) is 9.75. The van der Waals surface area contributed by atoms with Gasteiger partial charge in [-0.2, -0.15) is 0 Å². The van der Waals surface area contributed by atoms with Gasteiger partial charge in [-0.05, 0) is 62.1 Å². The summed E-state index contributed by atoms with van der Waals surface area (Å²) in [6, 6.07) is 7.22. The number of hydrogen-bond donors (Lipinski definition) is 2. The molecule has 0 fully saturated rings. The Bertz CT molecular complexity index is 506. The van der Waals surface area contributed by atoms with Crippen molar-refractivity contribution in [1.82, 2.24) is 10.2 Å². The van der Waals surface area contributed by atoms with Gasteiger partial charge in [-0.1, -0.05) is 11.6 Å². The second-order valence-corrected chi connectivity index (χ2v) is 8.18. The lowest BCUT2D eigenvalue weighted by Crippen LogP contribution is -2.40. The third-order valence-corrected chi connectivity index (χ3v) is 6.13. The Balaban J connectivity index is 2.63. The number of hydrogen-bond acceptors (Lipinski definition) is 4. The zero-order valence-electron chi connectivity index (χ0n) is 12.1. The van der Waals surface area contributed by atoms with Crippen molar-refractivity contribution in [2.75, 3.05) is 25.6 Å². The van der Waals surface area contributed by atoms with Crippen LogP contribution in [0.2, 0.25) is 5.02 Å². The minimum Gasteiger partial charge on any atom is -0.332 e. The molecule has 0 aromatic heterocycles. The number of nitrogens with zero attached hydrogens (tertiary/aromatic N) is 1. The lowest BCUT2D eigenvalue weighted by molar-refractivity contribution is 0.217. The van der Waals surface area contributed by atoms with E-state index < -0.39 is 6.64 Å². The summed E-state index contributed by atoms with van der Waals surface area (Å²) in [6.45, 7) is 2.12. The van der Waals surface area contributed by atoms with Gasteiger partial charge in [-0.25, -0.2) is 0 Å². The molecule has 0 heterocycles. The highest BCUT2D eigenvalue weighted by atomic mass is 35.5. The number of halogens is 1. The molecule has 0 atom stereocenters. The Morgan fingerprint density at radius 2 is 1.76 bits per heavy atom. The van der Waals surface area contributed by atoms with E-state index >= 15 is 0 Å². The fourth-order valence-electron chi connectivity index (χ4n) is 1.44. The summed E-state index contributed by atoms with van der Waals surface area (Å²) in [7, 11) is 1.75. The summed E-state index contributed by atoms with van der Waals surface area (Å²) in [5.41, 5.74) is 3.79. The third kappa shape index (κ3) is 6.16. The summed E-state index contributed by atoms with van der Waals surface area (Å²) in [5, 5.41) is 4.10. The molecular weight excluding hydrogens is 349 g/mol. The Labute approximate surface area is 141 Å². The summed E-state index contributed by atoms with van der Waals surface area (Å²) in [6.07, 6.45) is 0. The van der Waals surface area contributed by atoms with E-state index in [1.54, 1.807) is 24.0 Å². The second-order valence-electron chi connectivity index (χ2n) is 3.90. The largest absolute Gasteiger partial charge is 0.332 e. The normalized spacial score (nSPS) is 11.5. The zero-order valence-corrected chi connectivity index (χ0v) is 15.4. The molecular formula is C12H19ClN3O2PS2. The van der Waals surface area contributed by atoms with Crippen LogP contribution < -0.4 is 10.7 Å². The Morgan fingerprint density at radius 1 is 1.24 bits per heavy atom. The third-order valence-electron chi connectivity index (χ3n) is 2.32. The van der Waals surface area contributed by atoms with Gasteiger partial charge in [0, 0.05) is 17.8 Å². The molecule has 0 unspecified atom stereocenters. The van der Waals surface area contributed by atoms with Crippen LogP contribution in [0.4, 0.5) is 5.69 Å². The highest BCUT2D eigenvalue weighted by Gasteiger charge is 2.25. The number of benzene rings is 1. The van der Waals surface area contributed by atoms with Crippen molar-refractivity contribution in [3.8, 4) is 0 Å². The first-order chi connectivity index (χ1) is 9.91. The molecule has 9 heteroatoms. The number of nitrogens with one attached hydrogen (secondary N) is 2. The molecule has 2 N–H and O–H groups in total. The highest BCUT2D eigenvalue weighted by molar-refractivity contribution is 8.08. The fourth-order valence-corrected chi connectivity index (χ4v) is 3.94. The standard InChI is InChI=1S/C12H19ClN3O2PS2/c1-4-17-19(21,18-5-2)16(3)15-12(20)14-11-8-6-10(13)7-9-11/h6-9H,4-5H2,1-3H3,(H2,14,15,20). The SMILES string of the molecule is CCOP(=S)(OCC)N(C)NC(=S)Nc1ccc(Cl)cc1. The zero-order chi connectivity index (χ0) is 15.9. The van der Waals surface area contributed by atoms with Crippen LogP contribution in [0.25, 0.3) is 0 Å². The fraction of sp³-hybridized carbons (Fsp3) is 0.417. The summed E-state index contributed by atoms with van der Waals surface area (Å²) in [5.74, 6) is 0. The van der Waals surface area contributed by atoms with Crippen molar-refractivity contribution in [2.24, 2.45) is 0 Å². The monoisotopic (exact) mass is 367 g/mol. The van der Waals surface area contributed by atoms with Crippen LogP contribution in [-0.4, -0.2) is 30.2 Å². The van der Waals surface area contributed by atoms with Gasteiger partial charge >= 0.3 is 0 Å². The van der Waals surface area contributed by atoms with E-state index in [1.807, 2.05) is 26.0 Å². The van der Waals surface area contributed by atoms with Gasteiger partial charge in [0.2, 0.25) is 0 Å². The molecule has 1 aromatic rings. The van der Waals surface area contributed by atoms with E-state index in [4.69, 9.17) is 44.7 Å². The van der Waals surface area contributed by atoms with Gasteiger partial charge in [0.25, 0.3) is 6.64 Å². The van der Waals surface area contributed by atoms with Crippen molar-refractivity contribution in [2.45, 2.75) is 13.8 Å². The number of rotatable bonds is 7. The molecule has 0 spiro atoms. The van der Waals surface area contributed by atoms with Gasteiger partial charge in [0.05, 0.1) is 13.2 Å². The maximum absolute atomic E-state index is 5.84. The van der Waals surface area contributed by atoms with Gasteiger partial charge in [0.15, 0.2) is 5.11 Å². The molecule has 1 aromatic carbocycles. The van der Waals surface area contributed by atoms with Gasteiger partial charge in [0.1, 0.15) is 0 Å². The highest BCUT2D eigenvalue weighted by Crippen LogP contribution is 2.49. The minimum atomic E-state index is -2.57. The van der Waals surface area contributed by atoms with Gasteiger partial charge in [-0.15, -0.1) is 4.78 Å². The molecule has 5 nitrogen and oxygen atoms in total. The van der Waals surface area contributed by atoms with Crippen LogP contribution in [-0.2, 0) is 20.9 Å². The van der Waals surface area contributed by atoms with Crippen molar-refractivity contribution >= 4 is 53.1 Å². The quantitative estimate of drug-likeness (QED) is 0.432. The van der Waals surface area contributed by atoms with Crippen LogP contribution in [0.15, 0.2) is 24.3 Å². The van der Waals surface area contributed by atoms with Gasteiger partial charge < -0.3 is 14.4 Å².